The molecule has 2 fully saturated rings. The summed E-state index contributed by atoms with van der Waals surface area (Å²) in [5.74, 6) is 1.64. The number of hydrogen-bond acceptors (Lipinski definition) is 6. The minimum absolute atomic E-state index is 0.230. The Labute approximate surface area is 151 Å². The lowest BCUT2D eigenvalue weighted by atomic mass is 9.96. The highest BCUT2D eigenvalue weighted by molar-refractivity contribution is 5.87. The number of carbonyl (C=O) groups excluding carboxylic acids is 1. The second kappa shape index (κ2) is 7.40. The number of carbonyl (C=O) groups is 1. The molecule has 140 valence electrons. The largest absolute Gasteiger partial charge is 0.366 e. The van der Waals surface area contributed by atoms with Gasteiger partial charge in [0.2, 0.25) is 5.95 Å². The predicted molar refractivity (Wildman–Crippen MR) is 92.5 cm³/mol. The van der Waals surface area contributed by atoms with Gasteiger partial charge in [-0.05, 0) is 19.8 Å². The summed E-state index contributed by atoms with van der Waals surface area (Å²) in [5.41, 5.74) is 0. The lowest BCUT2D eigenvalue weighted by molar-refractivity contribution is -0.0179. The van der Waals surface area contributed by atoms with Crippen molar-refractivity contribution in [1.82, 2.24) is 34.8 Å². The maximum Gasteiger partial charge on any atom is 0.324 e. The maximum absolute atomic E-state index is 12.6. The van der Waals surface area contributed by atoms with Crippen molar-refractivity contribution in [1.29, 1.82) is 0 Å². The summed E-state index contributed by atoms with van der Waals surface area (Å²) in [5, 5.41) is 14.1. The monoisotopic (exact) mass is 360 g/mol. The van der Waals surface area contributed by atoms with Crippen molar-refractivity contribution < 1.29 is 9.53 Å². The van der Waals surface area contributed by atoms with Crippen LogP contribution in [0, 0.1) is 6.92 Å². The lowest BCUT2D eigenvalue weighted by Crippen LogP contribution is -2.44. The van der Waals surface area contributed by atoms with Gasteiger partial charge in [0, 0.05) is 6.54 Å². The second-order valence-corrected chi connectivity index (χ2v) is 6.85. The molecule has 3 heterocycles. The molecule has 2 aliphatic rings. The van der Waals surface area contributed by atoms with Crippen molar-refractivity contribution in [2.45, 2.75) is 51.2 Å². The van der Waals surface area contributed by atoms with Gasteiger partial charge in [0.05, 0.1) is 19.2 Å². The average Bonchev–Trinajstić information content (AvgIpc) is 3.32. The quantitative estimate of drug-likeness (QED) is 0.863. The number of urea groups is 1. The van der Waals surface area contributed by atoms with E-state index in [0.29, 0.717) is 37.5 Å². The number of anilines is 1. The van der Waals surface area contributed by atoms with Gasteiger partial charge in [-0.15, -0.1) is 5.10 Å². The van der Waals surface area contributed by atoms with Crippen LogP contribution >= 0.6 is 0 Å². The average molecular weight is 360 g/mol. The molecule has 0 spiro atoms. The van der Waals surface area contributed by atoms with Crippen molar-refractivity contribution in [3.63, 3.8) is 0 Å². The summed E-state index contributed by atoms with van der Waals surface area (Å²) in [6.07, 6.45) is 7.37. The normalized spacial score (nSPS) is 21.7. The number of aromatic amines is 1. The number of aryl methyl sites for hydroxylation is 1. The summed E-state index contributed by atoms with van der Waals surface area (Å²) in [4.78, 5) is 22.8. The van der Waals surface area contributed by atoms with E-state index >= 15 is 0 Å². The zero-order chi connectivity index (χ0) is 17.9. The molecule has 0 aromatic carbocycles. The smallest absolute Gasteiger partial charge is 0.324 e. The van der Waals surface area contributed by atoms with Crippen LogP contribution in [0.1, 0.15) is 55.9 Å². The van der Waals surface area contributed by atoms with Crippen LogP contribution in [0.5, 0.6) is 0 Å². The van der Waals surface area contributed by atoms with Gasteiger partial charge in [0.25, 0.3) is 0 Å². The standard InChI is InChI=1S/C16H24N8O2/c1-11-18-14(21-20-11)13-9-23(7-8-26-13)16(25)19-15-17-10-24(22-15)12-5-3-2-4-6-12/h10,12-13H,2-9H2,1H3,(H,18,20,21)(H,19,22,25). The van der Waals surface area contributed by atoms with Crippen LogP contribution in [0.3, 0.4) is 0 Å². The molecule has 0 bridgehead atoms. The Morgan fingerprint density at radius 2 is 2.19 bits per heavy atom. The third-order valence-corrected chi connectivity index (χ3v) is 4.93. The van der Waals surface area contributed by atoms with Gasteiger partial charge in [-0.25, -0.2) is 19.4 Å². The van der Waals surface area contributed by atoms with Gasteiger partial charge >= 0.3 is 6.03 Å². The molecular formula is C16H24N8O2. The number of aromatic nitrogens is 6. The first-order valence-corrected chi connectivity index (χ1v) is 9.16. The van der Waals surface area contributed by atoms with E-state index in [-0.39, 0.29) is 12.1 Å². The van der Waals surface area contributed by atoms with Gasteiger partial charge in [0.15, 0.2) is 5.82 Å². The number of amides is 2. The zero-order valence-electron chi connectivity index (χ0n) is 14.9. The Morgan fingerprint density at radius 1 is 1.35 bits per heavy atom. The van der Waals surface area contributed by atoms with E-state index in [9.17, 15) is 4.79 Å². The van der Waals surface area contributed by atoms with Gasteiger partial charge in [-0.1, -0.05) is 19.3 Å². The Balaban J connectivity index is 1.36. The number of nitrogens with one attached hydrogen (secondary N) is 2. The van der Waals surface area contributed by atoms with Gasteiger partial charge in [-0.2, -0.15) is 5.10 Å². The molecule has 10 heteroatoms. The van der Waals surface area contributed by atoms with Crippen LogP contribution in [0.15, 0.2) is 6.33 Å². The highest BCUT2D eigenvalue weighted by Gasteiger charge is 2.28. The summed E-state index contributed by atoms with van der Waals surface area (Å²) < 4.78 is 7.57. The second-order valence-electron chi connectivity index (χ2n) is 6.85. The van der Waals surface area contributed by atoms with Crippen LogP contribution in [0.4, 0.5) is 10.7 Å². The third-order valence-electron chi connectivity index (χ3n) is 4.93. The molecule has 1 saturated carbocycles. The summed E-state index contributed by atoms with van der Waals surface area (Å²) in [6, 6.07) is 0.163. The highest BCUT2D eigenvalue weighted by atomic mass is 16.5. The van der Waals surface area contributed by atoms with Crippen LogP contribution in [-0.4, -0.2) is 60.6 Å². The minimum atomic E-state index is -0.327. The van der Waals surface area contributed by atoms with E-state index in [1.165, 1.54) is 19.3 Å². The fourth-order valence-corrected chi connectivity index (χ4v) is 3.52. The summed E-state index contributed by atoms with van der Waals surface area (Å²) in [7, 11) is 0. The van der Waals surface area contributed by atoms with E-state index in [1.807, 2.05) is 11.6 Å². The SMILES string of the molecule is Cc1nc(C2CN(C(=O)Nc3ncn(C4CCCCC4)n3)CCO2)n[nH]1. The first-order chi connectivity index (χ1) is 12.7. The van der Waals surface area contributed by atoms with Gasteiger partial charge < -0.3 is 9.64 Å². The van der Waals surface area contributed by atoms with E-state index < -0.39 is 0 Å². The predicted octanol–water partition coefficient (Wildman–Crippen LogP) is 1.82. The molecule has 1 saturated heterocycles. The molecule has 1 aliphatic heterocycles. The van der Waals surface area contributed by atoms with Crippen LogP contribution in [0.2, 0.25) is 0 Å². The number of morpholine rings is 1. The molecule has 1 unspecified atom stereocenters. The van der Waals surface area contributed by atoms with Gasteiger partial charge in [-0.3, -0.25) is 10.4 Å². The fraction of sp³-hybridized carbons (Fsp3) is 0.688. The number of nitrogens with zero attached hydrogens (tertiary/aromatic N) is 6. The molecule has 1 atom stereocenters. The molecule has 0 radical (unpaired) electrons. The van der Waals surface area contributed by atoms with Crippen molar-refractivity contribution in [2.24, 2.45) is 0 Å². The molecule has 4 rings (SSSR count). The maximum atomic E-state index is 12.6. The molecule has 2 N–H and O–H groups in total. The Morgan fingerprint density at radius 3 is 2.96 bits per heavy atom. The van der Waals surface area contributed by atoms with E-state index in [0.717, 1.165) is 18.7 Å². The summed E-state index contributed by atoms with van der Waals surface area (Å²) in [6.45, 7) is 3.18. The molecular weight excluding hydrogens is 336 g/mol. The number of hydrogen-bond donors (Lipinski definition) is 2. The summed E-state index contributed by atoms with van der Waals surface area (Å²) >= 11 is 0. The van der Waals surface area contributed by atoms with Crippen LogP contribution < -0.4 is 5.32 Å². The minimum Gasteiger partial charge on any atom is -0.366 e. The van der Waals surface area contributed by atoms with Crippen molar-refractivity contribution in [3.05, 3.63) is 18.0 Å². The zero-order valence-corrected chi connectivity index (χ0v) is 14.9. The van der Waals surface area contributed by atoms with E-state index in [1.54, 1.807) is 11.2 Å². The Bertz CT molecular complexity index is 751. The molecule has 1 aliphatic carbocycles. The van der Waals surface area contributed by atoms with Crippen molar-refractivity contribution in [3.8, 4) is 0 Å². The lowest BCUT2D eigenvalue weighted by Gasteiger charge is -2.31. The van der Waals surface area contributed by atoms with Crippen LogP contribution in [-0.2, 0) is 4.74 Å². The van der Waals surface area contributed by atoms with Gasteiger partial charge in [0.1, 0.15) is 18.3 Å². The molecule has 2 aromatic heterocycles. The molecule has 10 nitrogen and oxygen atoms in total. The third kappa shape index (κ3) is 3.69. The Kier molecular flexibility index (Phi) is 4.83. The molecule has 2 amide bonds. The topological polar surface area (TPSA) is 114 Å². The number of H-pyrrole nitrogens is 1. The van der Waals surface area contributed by atoms with Crippen LogP contribution in [0.25, 0.3) is 0 Å². The molecule has 26 heavy (non-hydrogen) atoms. The fourth-order valence-electron chi connectivity index (χ4n) is 3.52. The first kappa shape index (κ1) is 17.0. The van der Waals surface area contributed by atoms with Crippen molar-refractivity contribution >= 4 is 12.0 Å². The first-order valence-electron chi connectivity index (χ1n) is 9.16. The van der Waals surface area contributed by atoms with E-state index in [4.69, 9.17) is 4.74 Å². The highest BCUT2D eigenvalue weighted by Crippen LogP contribution is 2.27. The van der Waals surface area contributed by atoms with E-state index in [2.05, 4.69) is 30.6 Å². The number of ether oxygens (including phenoxy) is 1. The Hall–Kier alpha value is -2.49. The molecule has 2 aromatic rings. The van der Waals surface area contributed by atoms with Crippen molar-refractivity contribution in [2.75, 3.05) is 25.0 Å². The number of rotatable bonds is 3.